The molecular formula is C17H14Cl2N4O2. The molecule has 0 unspecified atom stereocenters. The molecule has 0 spiro atoms. The summed E-state index contributed by atoms with van der Waals surface area (Å²) >= 11 is 11.9. The van der Waals surface area contributed by atoms with Crippen LogP contribution in [0.5, 0.6) is 0 Å². The van der Waals surface area contributed by atoms with E-state index in [4.69, 9.17) is 28.9 Å². The number of aromatic nitrogens is 2. The molecule has 1 heterocycles. The summed E-state index contributed by atoms with van der Waals surface area (Å²) < 4.78 is 1.25. The number of carbonyl (C=O) groups excluding carboxylic acids is 1. The smallest absolute Gasteiger partial charge is 0.261 e. The summed E-state index contributed by atoms with van der Waals surface area (Å²) in [6.45, 7) is 1.69. The molecule has 2 aromatic carbocycles. The highest BCUT2D eigenvalue weighted by atomic mass is 35.5. The highest BCUT2D eigenvalue weighted by Gasteiger charge is 2.11. The van der Waals surface area contributed by atoms with Crippen LogP contribution >= 0.6 is 23.2 Å². The second-order valence-corrected chi connectivity index (χ2v) is 6.36. The average Bonchev–Trinajstić information content (AvgIpc) is 2.55. The van der Waals surface area contributed by atoms with Gasteiger partial charge in [0.15, 0.2) is 0 Å². The van der Waals surface area contributed by atoms with E-state index in [-0.39, 0.29) is 27.8 Å². The van der Waals surface area contributed by atoms with Crippen LogP contribution in [0.1, 0.15) is 5.56 Å². The lowest BCUT2D eigenvalue weighted by molar-refractivity contribution is -0.116. The summed E-state index contributed by atoms with van der Waals surface area (Å²) in [5, 5.41) is 3.58. The van der Waals surface area contributed by atoms with E-state index >= 15 is 0 Å². The molecule has 8 heteroatoms. The fourth-order valence-corrected chi connectivity index (χ4v) is 2.95. The van der Waals surface area contributed by atoms with Crippen LogP contribution in [-0.4, -0.2) is 15.5 Å². The Labute approximate surface area is 153 Å². The first-order valence-electron chi connectivity index (χ1n) is 7.36. The van der Waals surface area contributed by atoms with Crippen molar-refractivity contribution in [2.75, 3.05) is 11.1 Å². The number of carbonyl (C=O) groups is 1. The molecule has 1 aromatic heterocycles. The highest BCUT2D eigenvalue weighted by Crippen LogP contribution is 2.31. The predicted molar refractivity (Wildman–Crippen MR) is 100 cm³/mol. The zero-order chi connectivity index (χ0) is 18.1. The predicted octanol–water partition coefficient (Wildman–Crippen LogP) is 3.23. The van der Waals surface area contributed by atoms with Gasteiger partial charge < -0.3 is 11.1 Å². The molecule has 0 aliphatic rings. The maximum Gasteiger partial charge on any atom is 0.261 e. The number of benzene rings is 2. The van der Waals surface area contributed by atoms with Crippen LogP contribution in [-0.2, 0) is 11.3 Å². The van der Waals surface area contributed by atoms with Gasteiger partial charge in [-0.2, -0.15) is 0 Å². The lowest BCUT2D eigenvalue weighted by atomic mass is 10.1. The van der Waals surface area contributed by atoms with Crippen LogP contribution in [0.25, 0.3) is 10.9 Å². The van der Waals surface area contributed by atoms with Crippen molar-refractivity contribution in [1.29, 1.82) is 0 Å². The fraction of sp³-hybridized carbons (Fsp3) is 0.118. The number of hydrogen-bond acceptors (Lipinski definition) is 4. The number of nitrogens with zero attached hydrogens (tertiary/aromatic N) is 2. The van der Waals surface area contributed by atoms with Gasteiger partial charge in [0.2, 0.25) is 5.91 Å². The maximum absolute atomic E-state index is 12.5. The first kappa shape index (κ1) is 17.3. The van der Waals surface area contributed by atoms with Gasteiger partial charge in [-0.1, -0.05) is 35.3 Å². The lowest BCUT2D eigenvalue weighted by Gasteiger charge is -2.10. The lowest BCUT2D eigenvalue weighted by Crippen LogP contribution is -2.28. The summed E-state index contributed by atoms with van der Waals surface area (Å²) in [4.78, 5) is 29.0. The van der Waals surface area contributed by atoms with Crippen molar-refractivity contribution in [1.82, 2.24) is 9.55 Å². The standard InChI is InChI=1S/C17H14Cl2N4O2/c1-9-3-2-4-11-16(9)21-8-23(17(11)25)7-14(24)22-10-5-12(18)15(20)13(19)6-10/h2-6,8H,7,20H2,1H3,(H,22,24). The van der Waals surface area contributed by atoms with Gasteiger partial charge in [0.05, 0.1) is 33.0 Å². The SMILES string of the molecule is Cc1cccc2c(=O)n(CC(=O)Nc3cc(Cl)c(N)c(Cl)c3)cnc12. The van der Waals surface area contributed by atoms with E-state index in [1.54, 1.807) is 12.1 Å². The van der Waals surface area contributed by atoms with E-state index in [0.29, 0.717) is 16.6 Å². The molecule has 0 atom stereocenters. The van der Waals surface area contributed by atoms with E-state index in [2.05, 4.69) is 10.3 Å². The van der Waals surface area contributed by atoms with Gasteiger partial charge in [-0.15, -0.1) is 0 Å². The zero-order valence-corrected chi connectivity index (χ0v) is 14.7. The molecule has 0 aliphatic heterocycles. The normalized spacial score (nSPS) is 10.8. The Balaban J connectivity index is 1.85. The van der Waals surface area contributed by atoms with Gasteiger partial charge in [-0.05, 0) is 30.7 Å². The molecule has 1 amide bonds. The van der Waals surface area contributed by atoms with Gasteiger partial charge in [0.1, 0.15) is 6.54 Å². The van der Waals surface area contributed by atoms with Crippen molar-refractivity contribution < 1.29 is 4.79 Å². The Bertz CT molecular complexity index is 1020. The monoisotopic (exact) mass is 376 g/mol. The van der Waals surface area contributed by atoms with Crippen molar-refractivity contribution in [3.63, 3.8) is 0 Å². The van der Waals surface area contributed by atoms with Crippen LogP contribution < -0.4 is 16.6 Å². The third-order valence-electron chi connectivity index (χ3n) is 3.73. The number of rotatable bonds is 3. The number of nitrogens with one attached hydrogen (secondary N) is 1. The molecule has 0 saturated carbocycles. The Hall–Kier alpha value is -2.57. The third kappa shape index (κ3) is 3.45. The minimum atomic E-state index is -0.409. The molecule has 0 fully saturated rings. The summed E-state index contributed by atoms with van der Waals surface area (Å²) in [6, 6.07) is 8.33. The van der Waals surface area contributed by atoms with Gasteiger partial charge in [-0.3, -0.25) is 14.2 Å². The van der Waals surface area contributed by atoms with Crippen LogP contribution in [0.15, 0.2) is 41.5 Å². The van der Waals surface area contributed by atoms with E-state index in [1.807, 2.05) is 13.0 Å². The molecule has 3 rings (SSSR count). The van der Waals surface area contributed by atoms with Crippen LogP contribution in [0.4, 0.5) is 11.4 Å². The molecule has 3 N–H and O–H groups in total. The van der Waals surface area contributed by atoms with Gasteiger partial charge >= 0.3 is 0 Å². The number of aryl methyl sites for hydroxylation is 1. The number of anilines is 2. The number of halogens is 2. The fourth-order valence-electron chi connectivity index (χ4n) is 2.46. The Kier molecular flexibility index (Phi) is 4.65. The minimum absolute atomic E-state index is 0.185. The van der Waals surface area contributed by atoms with Crippen LogP contribution in [0.2, 0.25) is 10.0 Å². The molecule has 6 nitrogen and oxygen atoms in total. The molecule has 0 bridgehead atoms. The quantitative estimate of drug-likeness (QED) is 0.686. The Morgan fingerprint density at radius 2 is 1.96 bits per heavy atom. The van der Waals surface area contributed by atoms with Crippen molar-refractivity contribution >= 4 is 51.4 Å². The van der Waals surface area contributed by atoms with Crippen LogP contribution in [0, 0.1) is 6.92 Å². The number of nitrogens with two attached hydrogens (primary N) is 1. The average molecular weight is 377 g/mol. The first-order chi connectivity index (χ1) is 11.9. The Morgan fingerprint density at radius 1 is 1.28 bits per heavy atom. The third-order valence-corrected chi connectivity index (χ3v) is 4.36. The molecule has 128 valence electrons. The minimum Gasteiger partial charge on any atom is -0.396 e. The van der Waals surface area contributed by atoms with E-state index in [1.165, 1.54) is 23.0 Å². The zero-order valence-electron chi connectivity index (χ0n) is 13.2. The van der Waals surface area contributed by atoms with Crippen LogP contribution in [0.3, 0.4) is 0 Å². The number of para-hydroxylation sites is 1. The van der Waals surface area contributed by atoms with Gasteiger partial charge in [0, 0.05) is 5.69 Å². The highest BCUT2D eigenvalue weighted by molar-refractivity contribution is 6.39. The summed E-state index contributed by atoms with van der Waals surface area (Å²) in [7, 11) is 0. The van der Waals surface area contributed by atoms with E-state index in [0.717, 1.165) is 5.56 Å². The summed E-state index contributed by atoms with van der Waals surface area (Å²) in [6.07, 6.45) is 1.36. The molecule has 3 aromatic rings. The number of hydrogen-bond donors (Lipinski definition) is 2. The Morgan fingerprint density at radius 3 is 2.64 bits per heavy atom. The number of amides is 1. The number of fused-ring (bicyclic) bond motifs is 1. The van der Waals surface area contributed by atoms with Crippen molar-refractivity contribution in [2.45, 2.75) is 13.5 Å². The summed E-state index contributed by atoms with van der Waals surface area (Å²) in [5.41, 5.74) is 7.54. The molecule has 0 aliphatic carbocycles. The molecular weight excluding hydrogens is 363 g/mol. The first-order valence-corrected chi connectivity index (χ1v) is 8.11. The second-order valence-electron chi connectivity index (χ2n) is 5.55. The topological polar surface area (TPSA) is 90.0 Å². The van der Waals surface area contributed by atoms with Gasteiger partial charge in [0.25, 0.3) is 5.56 Å². The van der Waals surface area contributed by atoms with Crippen molar-refractivity contribution in [3.8, 4) is 0 Å². The van der Waals surface area contributed by atoms with E-state index in [9.17, 15) is 9.59 Å². The number of nitrogen functional groups attached to an aromatic ring is 1. The van der Waals surface area contributed by atoms with Crippen molar-refractivity contribution in [3.05, 3.63) is 62.6 Å². The van der Waals surface area contributed by atoms with E-state index < -0.39 is 5.91 Å². The maximum atomic E-state index is 12.5. The van der Waals surface area contributed by atoms with Gasteiger partial charge in [-0.25, -0.2) is 4.98 Å². The van der Waals surface area contributed by atoms with Crippen molar-refractivity contribution in [2.24, 2.45) is 0 Å². The molecule has 0 saturated heterocycles. The summed E-state index contributed by atoms with van der Waals surface area (Å²) in [5.74, 6) is -0.409. The second kappa shape index (κ2) is 6.74. The molecule has 0 radical (unpaired) electrons. The molecule has 25 heavy (non-hydrogen) atoms. The largest absolute Gasteiger partial charge is 0.396 e.